The molecule has 6 aromatic rings. The molecule has 0 radical (unpaired) electrons. The molecule has 0 aromatic heterocycles. The van der Waals surface area contributed by atoms with Gasteiger partial charge >= 0.3 is 52.8 Å². The predicted molar refractivity (Wildman–Crippen MR) is 241 cm³/mol. The molecule has 0 saturated heterocycles. The molecule has 16 nitrogen and oxygen atoms in total. The third-order valence-electron chi connectivity index (χ3n) is 9.33. The van der Waals surface area contributed by atoms with Crippen molar-refractivity contribution in [2.24, 2.45) is 10.3 Å². The first-order valence-corrected chi connectivity index (χ1v) is 25.7. The van der Waals surface area contributed by atoms with Gasteiger partial charge in [0.25, 0.3) is 0 Å². The van der Waals surface area contributed by atoms with Crippen LogP contribution in [0, 0.1) is 13.8 Å². The van der Waals surface area contributed by atoms with E-state index in [4.69, 9.17) is 17.8 Å². The van der Waals surface area contributed by atoms with E-state index < -0.39 is 85.2 Å². The molecule has 26 heteroatoms. The Labute approximate surface area is 403 Å². The fraction of sp³-hybridized carbons (Fsp3) is 0.156. The number of aryl methyl sites for hydroxylation is 2. The number of alkyl halides is 6. The summed E-state index contributed by atoms with van der Waals surface area (Å²) in [6, 6.07) is 26.9. The fourth-order valence-corrected chi connectivity index (χ4v) is 9.05. The molecule has 0 N–H and O–H groups in total. The Kier molecular flexibility index (Phi) is 16.1. The van der Waals surface area contributed by atoms with Crippen molar-refractivity contribution in [2.75, 3.05) is 13.2 Å². The summed E-state index contributed by atoms with van der Waals surface area (Å²) in [7, 11) is -18.5. The fourth-order valence-electron chi connectivity index (χ4n) is 5.74. The molecule has 6 rings (SSSR count). The Morgan fingerprint density at radius 3 is 0.958 bits per heavy atom. The number of hydrogen-bond acceptors (Lipinski definition) is 16. The van der Waals surface area contributed by atoms with Crippen molar-refractivity contribution in [3.63, 3.8) is 0 Å². The van der Waals surface area contributed by atoms with Crippen molar-refractivity contribution in [2.45, 2.75) is 52.2 Å². The van der Waals surface area contributed by atoms with Gasteiger partial charge < -0.3 is 17.8 Å². The lowest BCUT2D eigenvalue weighted by Crippen LogP contribution is -2.25. The third kappa shape index (κ3) is 14.5. The van der Waals surface area contributed by atoms with Gasteiger partial charge in [-0.3, -0.25) is 8.57 Å². The van der Waals surface area contributed by atoms with E-state index in [1.807, 2.05) is 0 Å². The van der Waals surface area contributed by atoms with Gasteiger partial charge in [0.1, 0.15) is 42.6 Å². The van der Waals surface area contributed by atoms with Crippen LogP contribution < -0.4 is 17.8 Å². The maximum atomic E-state index is 14.0. The summed E-state index contributed by atoms with van der Waals surface area (Å²) < 4.78 is 215. The lowest BCUT2D eigenvalue weighted by atomic mass is 10.1. The van der Waals surface area contributed by atoms with Crippen LogP contribution in [-0.4, -0.2) is 70.7 Å². The maximum Gasteiger partial charge on any atom is 0.437 e. The molecule has 0 atom stereocenters. The highest BCUT2D eigenvalue weighted by Crippen LogP contribution is 2.29. The quantitative estimate of drug-likeness (QED) is 0.0229. The van der Waals surface area contributed by atoms with E-state index >= 15 is 0 Å². The lowest BCUT2D eigenvalue weighted by molar-refractivity contribution is -0.0606. The van der Waals surface area contributed by atoms with E-state index in [9.17, 15) is 60.0 Å². The Balaban J connectivity index is 0.990. The summed E-state index contributed by atoms with van der Waals surface area (Å²) in [5.74, 6) is -0.423. The summed E-state index contributed by atoms with van der Waals surface area (Å²) in [5, 5.41) is 5.74. The molecule has 0 spiro atoms. The second kappa shape index (κ2) is 21.5. The molecule has 0 aliphatic rings. The molecule has 0 fully saturated rings. The van der Waals surface area contributed by atoms with Crippen molar-refractivity contribution in [1.82, 2.24) is 0 Å². The molecule has 6 aromatic carbocycles. The predicted octanol–water partition coefficient (Wildman–Crippen LogP) is 9.03. The van der Waals surface area contributed by atoms with Gasteiger partial charge in [-0.25, -0.2) is 0 Å². The highest BCUT2D eigenvalue weighted by Gasteiger charge is 2.40. The molecule has 0 aliphatic heterocycles. The van der Waals surface area contributed by atoms with Crippen molar-refractivity contribution < 1.29 is 86.4 Å². The van der Waals surface area contributed by atoms with Crippen LogP contribution in [0.25, 0.3) is 0 Å². The summed E-state index contributed by atoms with van der Waals surface area (Å²) in [5.41, 5.74) is -3.06. The van der Waals surface area contributed by atoms with E-state index in [2.05, 4.69) is 18.9 Å². The van der Waals surface area contributed by atoms with E-state index in [0.29, 0.717) is 0 Å². The van der Waals surface area contributed by atoms with Crippen LogP contribution in [0.15, 0.2) is 175 Å². The van der Waals surface area contributed by atoms with E-state index in [1.165, 1.54) is 48.5 Å². The van der Waals surface area contributed by atoms with Crippen LogP contribution >= 0.6 is 0 Å². The van der Waals surface area contributed by atoms with Crippen molar-refractivity contribution >= 4 is 51.9 Å². The van der Waals surface area contributed by atoms with Gasteiger partial charge in [0.2, 0.25) is 0 Å². The third-order valence-corrected chi connectivity index (χ3v) is 14.1. The van der Waals surface area contributed by atoms with Crippen molar-refractivity contribution in [3.05, 3.63) is 168 Å². The van der Waals surface area contributed by atoms with Crippen molar-refractivity contribution in [1.29, 1.82) is 0 Å². The molecule has 376 valence electrons. The largest absolute Gasteiger partial charge is 0.493 e. The Bertz CT molecular complexity index is 3110. The van der Waals surface area contributed by atoms with Gasteiger partial charge in [0.15, 0.2) is 11.4 Å². The normalized spacial score (nSPS) is 13.0. The Morgan fingerprint density at radius 1 is 0.394 bits per heavy atom. The van der Waals surface area contributed by atoms with E-state index in [1.54, 1.807) is 13.8 Å². The number of nitrogens with zero attached hydrogens (tertiary/aromatic N) is 2. The highest BCUT2D eigenvalue weighted by molar-refractivity contribution is 7.87. The van der Waals surface area contributed by atoms with Crippen LogP contribution in [0.3, 0.4) is 0 Å². The smallest absolute Gasteiger partial charge is 0.437 e. The summed E-state index contributed by atoms with van der Waals surface area (Å²) >= 11 is 0. The first kappa shape index (κ1) is 53.2. The summed E-state index contributed by atoms with van der Waals surface area (Å²) in [6.07, 6.45) is -10.2. The SMILES string of the molecule is Cc1ccc(S(=O)(=O)Oc2ccc(S(=O)(=O)ON=C(c3ccc(OCCCOc4ccc(C(=NOS(=O)(=O)c5ccc(OS(=O)(=O)c6ccc(C)cc6)cc5)C(F)(F)F)cc4)cc3)C(F)(F)F)cc2)cc1. The van der Waals surface area contributed by atoms with Crippen LogP contribution in [0.5, 0.6) is 23.0 Å². The summed E-state index contributed by atoms with van der Waals surface area (Å²) in [6.45, 7) is 3.37. The van der Waals surface area contributed by atoms with Crippen LogP contribution in [0.4, 0.5) is 26.3 Å². The minimum Gasteiger partial charge on any atom is -0.493 e. The second-order valence-electron chi connectivity index (χ2n) is 14.7. The van der Waals surface area contributed by atoms with Crippen molar-refractivity contribution in [3.8, 4) is 23.0 Å². The topological polar surface area (TPSA) is 217 Å². The molecule has 0 amide bonds. The van der Waals surface area contributed by atoms with E-state index in [-0.39, 0.29) is 52.4 Å². The average Bonchev–Trinajstić information content (AvgIpc) is 3.29. The minimum absolute atomic E-state index is 0.0559. The zero-order valence-electron chi connectivity index (χ0n) is 36.5. The molecule has 0 bridgehead atoms. The zero-order valence-corrected chi connectivity index (χ0v) is 39.8. The number of ether oxygens (including phenoxy) is 2. The zero-order chi connectivity index (χ0) is 51.8. The van der Waals surface area contributed by atoms with Gasteiger partial charge in [0.05, 0.1) is 13.2 Å². The monoisotopic (exact) mass is 1070 g/mol. The standard InChI is InChI=1S/C45H36F6N2O14S4/c1-30-4-20-38(21-5-30)68(54,55)64-36-16-24-40(25-17-36)70(58,59)66-52-42(44(46,47)48)32-8-12-34(13-9-32)62-28-3-29-63-35-14-10-33(11-15-35)43(45(49,50)51)53-67-71(60,61)41-26-18-37(19-27-41)65-69(56,57)39-22-6-31(2)7-23-39/h4-27H,3,28-29H2,1-2H3. The van der Waals surface area contributed by atoms with Gasteiger partial charge in [-0.05, 0) is 135 Å². The van der Waals surface area contributed by atoms with Crippen LogP contribution in [0.2, 0.25) is 0 Å². The van der Waals surface area contributed by atoms with E-state index in [0.717, 1.165) is 108 Å². The van der Waals surface area contributed by atoms with Crippen LogP contribution in [-0.2, 0) is 49.0 Å². The Morgan fingerprint density at radius 2 is 0.662 bits per heavy atom. The summed E-state index contributed by atoms with van der Waals surface area (Å²) in [4.78, 5) is -1.68. The first-order valence-electron chi connectivity index (χ1n) is 20.1. The van der Waals surface area contributed by atoms with Gasteiger partial charge in [-0.1, -0.05) is 45.7 Å². The number of halogens is 6. The molecule has 71 heavy (non-hydrogen) atoms. The Hall–Kier alpha value is -7.16. The van der Waals surface area contributed by atoms with Gasteiger partial charge in [-0.15, -0.1) is 0 Å². The number of hydrogen-bond donors (Lipinski definition) is 0. The maximum absolute atomic E-state index is 14.0. The molecular weight excluding hydrogens is 1030 g/mol. The second-order valence-corrected chi connectivity index (χ2v) is 20.8. The highest BCUT2D eigenvalue weighted by atomic mass is 32.2. The minimum atomic E-state index is -5.20. The molecule has 0 heterocycles. The first-order chi connectivity index (χ1) is 33.2. The molecule has 0 aliphatic carbocycles. The number of rotatable bonds is 20. The van der Waals surface area contributed by atoms with Crippen LogP contribution in [0.1, 0.15) is 28.7 Å². The lowest BCUT2D eigenvalue weighted by Gasteiger charge is -2.13. The molecular formula is C45H36F6N2O14S4. The van der Waals surface area contributed by atoms with Gasteiger partial charge in [0, 0.05) is 17.5 Å². The van der Waals surface area contributed by atoms with Gasteiger partial charge in [-0.2, -0.15) is 60.0 Å². The average molecular weight is 1070 g/mol. The number of oxime groups is 2. The molecule has 0 saturated carbocycles. The number of benzene rings is 6. The molecule has 0 unspecified atom stereocenters.